The van der Waals surface area contributed by atoms with Crippen molar-refractivity contribution in [3.63, 3.8) is 0 Å². The molecule has 0 amide bonds. The lowest BCUT2D eigenvalue weighted by molar-refractivity contribution is 0.770. The summed E-state index contributed by atoms with van der Waals surface area (Å²) in [5, 5.41) is 18.8. The van der Waals surface area contributed by atoms with E-state index in [0.717, 1.165) is 10.9 Å². The van der Waals surface area contributed by atoms with Gasteiger partial charge in [0.2, 0.25) is 0 Å². The minimum Gasteiger partial charge on any atom is -0.354 e. The van der Waals surface area contributed by atoms with Gasteiger partial charge in [0.1, 0.15) is 23.2 Å². The number of aromatic nitrogens is 5. The topological polar surface area (TPSA) is 92.3 Å². The summed E-state index contributed by atoms with van der Waals surface area (Å²) in [5.41, 5.74) is 3.28. The predicted octanol–water partition coefficient (Wildman–Crippen LogP) is 4.44. The van der Waals surface area contributed by atoms with Crippen LogP contribution < -0.4 is 5.32 Å². The number of hydrogen-bond donors (Lipinski definition) is 1. The van der Waals surface area contributed by atoms with Crippen LogP contribution in [-0.2, 0) is 7.05 Å². The number of nitrogens with zero attached hydrogens (tertiary/aromatic N) is 6. The minimum atomic E-state index is -0.199. The zero-order chi connectivity index (χ0) is 22.0. The third kappa shape index (κ3) is 4.05. The van der Waals surface area contributed by atoms with Crippen molar-refractivity contribution in [3.05, 3.63) is 53.4 Å². The maximum Gasteiger partial charge on any atom is 0.183 e. The lowest BCUT2D eigenvalue weighted by Crippen LogP contribution is -2.16. The lowest BCUT2D eigenvalue weighted by atomic mass is 10.0. The van der Waals surface area contributed by atoms with Crippen molar-refractivity contribution in [2.75, 3.05) is 5.32 Å². The molecular formula is C23H18ClN7. The highest BCUT2D eigenvalue weighted by atomic mass is 35.5. The summed E-state index contributed by atoms with van der Waals surface area (Å²) < 4.78 is 1.69. The molecule has 0 fully saturated rings. The molecule has 0 aliphatic heterocycles. The van der Waals surface area contributed by atoms with E-state index in [4.69, 9.17) is 16.6 Å². The van der Waals surface area contributed by atoms with Gasteiger partial charge in [0.15, 0.2) is 11.5 Å². The molecule has 0 bridgehead atoms. The number of benzene rings is 1. The fraction of sp³-hybridized carbons (Fsp3) is 0.174. The molecule has 0 spiro atoms. The molecule has 1 aromatic carbocycles. The highest BCUT2D eigenvalue weighted by Crippen LogP contribution is 2.34. The van der Waals surface area contributed by atoms with Crippen molar-refractivity contribution in [2.24, 2.45) is 7.05 Å². The summed E-state index contributed by atoms with van der Waals surface area (Å²) in [6.07, 6.45) is 3.52. The van der Waals surface area contributed by atoms with Crippen LogP contribution in [0.5, 0.6) is 0 Å². The minimum absolute atomic E-state index is 0.168. The molecule has 4 rings (SSSR count). The van der Waals surface area contributed by atoms with Gasteiger partial charge in [0.05, 0.1) is 16.6 Å². The van der Waals surface area contributed by atoms with E-state index < -0.39 is 0 Å². The number of anilines is 1. The number of hydrogen-bond acceptors (Lipinski definition) is 6. The van der Waals surface area contributed by atoms with Crippen LogP contribution >= 0.6 is 11.6 Å². The fourth-order valence-electron chi connectivity index (χ4n) is 3.28. The van der Waals surface area contributed by atoms with Crippen molar-refractivity contribution >= 4 is 28.3 Å². The SMILES string of the molecule is CC#CC(C)Nc1nc(-c2ccn(C)n2)c(-c2cc(Cl)c3ncccc3c2)nc1C#N. The van der Waals surface area contributed by atoms with Crippen LogP contribution in [0.4, 0.5) is 5.82 Å². The Hall–Kier alpha value is -3.94. The van der Waals surface area contributed by atoms with Gasteiger partial charge >= 0.3 is 0 Å². The molecule has 0 radical (unpaired) electrons. The Kier molecular flexibility index (Phi) is 5.53. The predicted molar refractivity (Wildman–Crippen MR) is 121 cm³/mol. The Labute approximate surface area is 184 Å². The summed E-state index contributed by atoms with van der Waals surface area (Å²) in [7, 11) is 1.83. The highest BCUT2D eigenvalue weighted by molar-refractivity contribution is 6.35. The van der Waals surface area contributed by atoms with E-state index in [-0.39, 0.29) is 11.7 Å². The molecule has 7 nitrogen and oxygen atoms in total. The van der Waals surface area contributed by atoms with Gasteiger partial charge in [-0.2, -0.15) is 10.4 Å². The first-order valence-electron chi connectivity index (χ1n) is 9.55. The number of pyridine rings is 1. The molecule has 3 aromatic heterocycles. The van der Waals surface area contributed by atoms with Gasteiger partial charge in [-0.3, -0.25) is 9.67 Å². The maximum absolute atomic E-state index is 9.74. The largest absolute Gasteiger partial charge is 0.354 e. The van der Waals surface area contributed by atoms with Gasteiger partial charge < -0.3 is 5.32 Å². The number of rotatable bonds is 4. The maximum atomic E-state index is 9.74. The van der Waals surface area contributed by atoms with Crippen LogP contribution in [0, 0.1) is 23.2 Å². The number of fused-ring (bicyclic) bond motifs is 1. The van der Waals surface area contributed by atoms with Crippen LogP contribution in [0.3, 0.4) is 0 Å². The van der Waals surface area contributed by atoms with Gasteiger partial charge in [-0.05, 0) is 38.1 Å². The van der Waals surface area contributed by atoms with Crippen molar-refractivity contribution in [3.8, 4) is 40.6 Å². The van der Waals surface area contributed by atoms with Crippen LogP contribution in [0.15, 0.2) is 42.7 Å². The third-order valence-electron chi connectivity index (χ3n) is 4.60. The van der Waals surface area contributed by atoms with Gasteiger partial charge in [-0.15, -0.1) is 5.92 Å². The molecular weight excluding hydrogens is 410 g/mol. The molecule has 0 saturated carbocycles. The van der Waals surface area contributed by atoms with E-state index in [9.17, 15) is 5.26 Å². The zero-order valence-electron chi connectivity index (χ0n) is 17.2. The van der Waals surface area contributed by atoms with Crippen LogP contribution in [-0.4, -0.2) is 30.8 Å². The Bertz CT molecular complexity index is 1390. The third-order valence-corrected chi connectivity index (χ3v) is 4.89. The van der Waals surface area contributed by atoms with Crippen molar-refractivity contribution in [1.82, 2.24) is 24.7 Å². The van der Waals surface area contributed by atoms with Crippen molar-refractivity contribution in [2.45, 2.75) is 19.9 Å². The van der Waals surface area contributed by atoms with E-state index in [2.05, 4.69) is 38.3 Å². The standard InChI is InChI=1S/C23H18ClN7/c1-4-6-14(2)27-23-19(13-25)28-21(22(29-23)18-8-10-31(3)30-18)16-11-15-7-5-9-26-20(15)17(24)12-16/h5,7-12,14H,1-3H3,(H,27,29). The van der Waals surface area contributed by atoms with Crippen molar-refractivity contribution in [1.29, 1.82) is 5.26 Å². The van der Waals surface area contributed by atoms with Gasteiger partial charge in [-0.25, -0.2) is 9.97 Å². The number of halogens is 1. The average Bonchev–Trinajstić information content (AvgIpc) is 3.19. The van der Waals surface area contributed by atoms with Crippen molar-refractivity contribution < 1.29 is 0 Å². The first-order valence-corrected chi connectivity index (χ1v) is 9.93. The number of nitrogens with one attached hydrogen (secondary N) is 1. The first-order chi connectivity index (χ1) is 15.0. The Balaban J connectivity index is 1.96. The molecule has 31 heavy (non-hydrogen) atoms. The molecule has 1 unspecified atom stereocenters. The summed E-state index contributed by atoms with van der Waals surface area (Å²) >= 11 is 6.50. The van der Waals surface area contributed by atoms with Crippen LogP contribution in [0.25, 0.3) is 33.5 Å². The Morgan fingerprint density at radius 2 is 2.03 bits per heavy atom. The quantitative estimate of drug-likeness (QED) is 0.484. The van der Waals surface area contributed by atoms with Gasteiger partial charge in [0.25, 0.3) is 0 Å². The normalized spacial score (nSPS) is 11.5. The molecule has 0 aliphatic carbocycles. The average molecular weight is 428 g/mol. The smallest absolute Gasteiger partial charge is 0.183 e. The second-order valence-electron chi connectivity index (χ2n) is 6.90. The molecule has 8 heteroatoms. The van der Waals surface area contributed by atoms with Gasteiger partial charge in [-0.1, -0.05) is 23.6 Å². The number of nitriles is 1. The lowest BCUT2D eigenvalue weighted by Gasteiger charge is -2.14. The monoisotopic (exact) mass is 427 g/mol. The molecule has 4 aromatic rings. The molecule has 1 N–H and O–H groups in total. The molecule has 152 valence electrons. The van der Waals surface area contributed by atoms with Crippen LogP contribution in [0.2, 0.25) is 5.02 Å². The van der Waals surface area contributed by atoms with Gasteiger partial charge in [0, 0.05) is 30.4 Å². The molecule has 3 heterocycles. The summed E-state index contributed by atoms with van der Waals surface area (Å²) in [4.78, 5) is 13.7. The molecule has 0 saturated heterocycles. The molecule has 0 aliphatic rings. The fourth-order valence-corrected chi connectivity index (χ4v) is 3.55. The summed E-state index contributed by atoms with van der Waals surface area (Å²) in [6, 6.07) is 11.3. The van der Waals surface area contributed by atoms with E-state index in [1.54, 1.807) is 23.9 Å². The Morgan fingerprint density at radius 3 is 2.74 bits per heavy atom. The van der Waals surface area contributed by atoms with E-state index in [0.29, 0.717) is 33.4 Å². The van der Waals surface area contributed by atoms with E-state index in [1.165, 1.54) is 0 Å². The Morgan fingerprint density at radius 1 is 1.19 bits per heavy atom. The zero-order valence-corrected chi connectivity index (χ0v) is 17.9. The summed E-state index contributed by atoms with van der Waals surface area (Å²) in [5.74, 6) is 6.21. The summed E-state index contributed by atoms with van der Waals surface area (Å²) in [6.45, 7) is 3.65. The second-order valence-corrected chi connectivity index (χ2v) is 7.31. The molecule has 1 atom stereocenters. The number of aryl methyl sites for hydroxylation is 1. The first kappa shape index (κ1) is 20.3. The highest BCUT2D eigenvalue weighted by Gasteiger charge is 2.20. The second kappa shape index (κ2) is 8.43. The van der Waals surface area contributed by atoms with E-state index >= 15 is 0 Å². The van der Waals surface area contributed by atoms with E-state index in [1.807, 2.05) is 44.4 Å². The van der Waals surface area contributed by atoms with Crippen LogP contribution in [0.1, 0.15) is 19.5 Å².